The summed E-state index contributed by atoms with van der Waals surface area (Å²) < 4.78 is 5.79. The second-order valence-electron chi connectivity index (χ2n) is 10.4. The van der Waals surface area contributed by atoms with Crippen LogP contribution in [0.15, 0.2) is 74.2 Å². The second-order valence-corrected chi connectivity index (χ2v) is 10.4. The largest absolute Gasteiger partial charge is 0.480 e. The van der Waals surface area contributed by atoms with Crippen LogP contribution in [0.2, 0.25) is 0 Å². The molecule has 0 aliphatic heterocycles. The van der Waals surface area contributed by atoms with Crippen LogP contribution in [-0.4, -0.2) is 46.4 Å². The molecule has 3 rings (SSSR count). The van der Waals surface area contributed by atoms with Crippen molar-refractivity contribution < 1.29 is 23.9 Å². The van der Waals surface area contributed by atoms with E-state index in [2.05, 4.69) is 30.8 Å². The highest BCUT2D eigenvalue weighted by atomic mass is 16.4. The van der Waals surface area contributed by atoms with Crippen LogP contribution in [-0.2, 0) is 16.0 Å². The molecule has 3 aromatic rings. The van der Waals surface area contributed by atoms with Gasteiger partial charge in [-0.2, -0.15) is 10.2 Å². The van der Waals surface area contributed by atoms with E-state index in [0.717, 1.165) is 11.3 Å². The summed E-state index contributed by atoms with van der Waals surface area (Å²) in [6.45, 7) is 5.77. The smallest absolute Gasteiger partial charge is 0.326 e. The Morgan fingerprint density at radius 1 is 0.977 bits per heavy atom. The minimum absolute atomic E-state index is 0.0475. The number of amides is 2. The fourth-order valence-corrected chi connectivity index (χ4v) is 4.18. The van der Waals surface area contributed by atoms with Crippen LogP contribution in [0.25, 0.3) is 0 Å². The maximum Gasteiger partial charge on any atom is 0.326 e. The number of carboxylic acids is 1. The van der Waals surface area contributed by atoms with E-state index in [1.54, 1.807) is 19.1 Å². The molecule has 13 nitrogen and oxygen atoms in total. The third kappa shape index (κ3) is 10.7. The lowest BCUT2D eigenvalue weighted by atomic mass is 10.0. The number of aliphatic imine (C=N–C) groups is 1. The summed E-state index contributed by atoms with van der Waals surface area (Å²) >= 11 is 0. The molecule has 0 spiro atoms. The van der Waals surface area contributed by atoms with Gasteiger partial charge in [-0.05, 0) is 61.9 Å². The summed E-state index contributed by atoms with van der Waals surface area (Å²) in [5.74, 6) is -1.69. The lowest BCUT2D eigenvalue weighted by Crippen LogP contribution is -2.41. The molecule has 0 bridgehead atoms. The fourth-order valence-electron chi connectivity index (χ4n) is 4.18. The van der Waals surface area contributed by atoms with E-state index in [9.17, 15) is 19.5 Å². The van der Waals surface area contributed by atoms with Crippen LogP contribution in [0.1, 0.15) is 66.9 Å². The van der Waals surface area contributed by atoms with E-state index in [1.165, 1.54) is 0 Å². The summed E-state index contributed by atoms with van der Waals surface area (Å²) in [5.41, 5.74) is 12.7. The van der Waals surface area contributed by atoms with Gasteiger partial charge in [0.15, 0.2) is 11.7 Å². The van der Waals surface area contributed by atoms with Crippen molar-refractivity contribution in [1.29, 1.82) is 0 Å². The Labute approximate surface area is 249 Å². The summed E-state index contributed by atoms with van der Waals surface area (Å²) in [6.07, 6.45) is 1.08. The average Bonchev–Trinajstić information content (AvgIpc) is 3.35. The van der Waals surface area contributed by atoms with Gasteiger partial charge in [-0.3, -0.25) is 14.6 Å². The highest BCUT2D eigenvalue weighted by Crippen LogP contribution is 2.24. The topological polar surface area (TPSA) is 211 Å². The zero-order chi connectivity index (χ0) is 31.4. The van der Waals surface area contributed by atoms with Gasteiger partial charge in [0.25, 0.3) is 5.91 Å². The molecule has 1 aromatic heterocycles. The predicted octanol–water partition coefficient (Wildman–Crippen LogP) is 4.08. The molecule has 2 atom stereocenters. The van der Waals surface area contributed by atoms with E-state index in [4.69, 9.17) is 15.9 Å². The van der Waals surface area contributed by atoms with Gasteiger partial charge >= 0.3 is 5.97 Å². The zero-order valence-corrected chi connectivity index (χ0v) is 24.5. The number of carbonyl (C=O) groups excluding carboxylic acids is 2. The summed E-state index contributed by atoms with van der Waals surface area (Å²) in [6, 6.07) is 14.8. The molecule has 228 valence electrons. The van der Waals surface area contributed by atoms with E-state index in [0.29, 0.717) is 18.5 Å². The highest BCUT2D eigenvalue weighted by Gasteiger charge is 2.28. The van der Waals surface area contributed by atoms with Crippen LogP contribution in [0, 0.1) is 12.8 Å². The van der Waals surface area contributed by atoms with Crippen molar-refractivity contribution in [2.24, 2.45) is 32.6 Å². The third-order valence-electron chi connectivity index (χ3n) is 6.26. The lowest BCUT2D eigenvalue weighted by Gasteiger charge is -2.18. The number of carboxylic acid groups (broad SMARTS) is 1. The number of nitrogens with two attached hydrogens (primary N) is 2. The van der Waals surface area contributed by atoms with Gasteiger partial charge < -0.3 is 31.6 Å². The molecule has 43 heavy (non-hydrogen) atoms. The van der Waals surface area contributed by atoms with Crippen molar-refractivity contribution in [2.45, 2.75) is 58.5 Å². The molecule has 2 amide bonds. The van der Waals surface area contributed by atoms with E-state index in [1.807, 2.05) is 56.3 Å². The van der Waals surface area contributed by atoms with E-state index < -0.39 is 24.0 Å². The minimum atomic E-state index is -1.20. The van der Waals surface area contributed by atoms with Gasteiger partial charge in [-0.1, -0.05) is 44.2 Å². The van der Waals surface area contributed by atoms with Crippen LogP contribution in [0.5, 0.6) is 0 Å². The molecular weight excluding hydrogens is 552 g/mol. The first-order chi connectivity index (χ1) is 20.5. The normalized spacial score (nSPS) is 12.6. The van der Waals surface area contributed by atoms with Crippen LogP contribution < -0.4 is 22.1 Å². The molecule has 0 saturated heterocycles. The number of aryl methyl sites for hydroxylation is 1. The number of guanidine groups is 1. The maximum atomic E-state index is 13.0. The fraction of sp³-hybridized carbons (Fsp3) is 0.367. The van der Waals surface area contributed by atoms with E-state index >= 15 is 0 Å². The number of hydrogen-bond acceptors (Lipinski definition) is 8. The summed E-state index contributed by atoms with van der Waals surface area (Å²) in [7, 11) is 0. The Morgan fingerprint density at radius 3 is 2.23 bits per heavy atom. The third-order valence-corrected chi connectivity index (χ3v) is 6.26. The number of benzene rings is 2. The van der Waals surface area contributed by atoms with Crippen molar-refractivity contribution in [1.82, 2.24) is 15.6 Å². The Kier molecular flexibility index (Phi) is 11.9. The monoisotopic (exact) mass is 590 g/mol. The van der Waals surface area contributed by atoms with Gasteiger partial charge in [-0.25, -0.2) is 9.78 Å². The lowest BCUT2D eigenvalue weighted by molar-refractivity contribution is -0.139. The quantitative estimate of drug-likeness (QED) is 0.0751. The second kappa shape index (κ2) is 15.8. The van der Waals surface area contributed by atoms with Crippen LogP contribution in [0.4, 0.5) is 11.4 Å². The summed E-state index contributed by atoms with van der Waals surface area (Å²) in [5, 5.41) is 23.4. The molecule has 0 radical (unpaired) electrons. The van der Waals surface area contributed by atoms with E-state index in [-0.39, 0.29) is 54.5 Å². The van der Waals surface area contributed by atoms with Crippen molar-refractivity contribution >= 4 is 35.1 Å². The van der Waals surface area contributed by atoms with Gasteiger partial charge in [0.2, 0.25) is 11.8 Å². The molecule has 2 aromatic carbocycles. The maximum absolute atomic E-state index is 13.0. The molecule has 13 heteroatoms. The number of aromatic nitrogens is 1. The molecule has 0 saturated carbocycles. The summed E-state index contributed by atoms with van der Waals surface area (Å²) in [4.78, 5) is 45.8. The standard InChI is InChI=1S/C30H38N8O5/c1-18(2)16-24(34-25(39)17-20-11-13-22(14-12-20)38-37-21-8-5-4-6-9-21)28-36-26(19(3)43-28)27(40)35-23(29(41)42)10-7-15-33-30(31)32/h4-6,8-9,11-14,18,23-24H,7,10,15-17H2,1-3H3,(H,34,39)(H,35,40)(H,41,42)(H4,31,32,33). The number of aliphatic carboxylic acids is 1. The van der Waals surface area contributed by atoms with Crippen LogP contribution >= 0.6 is 0 Å². The SMILES string of the molecule is Cc1oc(C(CC(C)C)NC(=O)Cc2ccc(N=Nc3ccccc3)cc2)nc1C(=O)NC(CCCN=C(N)N)C(=O)O. The number of nitrogens with one attached hydrogen (secondary N) is 2. The van der Waals surface area contributed by atoms with Gasteiger partial charge in [0.05, 0.1) is 17.8 Å². The Morgan fingerprint density at radius 2 is 1.63 bits per heavy atom. The predicted molar refractivity (Wildman–Crippen MR) is 161 cm³/mol. The number of rotatable bonds is 15. The van der Waals surface area contributed by atoms with Gasteiger partial charge in [0.1, 0.15) is 17.8 Å². The van der Waals surface area contributed by atoms with Gasteiger partial charge in [-0.15, -0.1) is 0 Å². The number of hydrogen-bond donors (Lipinski definition) is 5. The first-order valence-electron chi connectivity index (χ1n) is 13.9. The molecule has 2 unspecified atom stereocenters. The molecular formula is C30H38N8O5. The molecule has 0 fully saturated rings. The van der Waals surface area contributed by atoms with Crippen LogP contribution in [0.3, 0.4) is 0 Å². The molecule has 1 heterocycles. The van der Waals surface area contributed by atoms with Crippen molar-refractivity contribution in [3.8, 4) is 0 Å². The number of oxazole rings is 1. The van der Waals surface area contributed by atoms with Crippen molar-refractivity contribution in [3.63, 3.8) is 0 Å². The van der Waals surface area contributed by atoms with Crippen molar-refractivity contribution in [3.05, 3.63) is 77.5 Å². The average molecular weight is 591 g/mol. The Balaban J connectivity index is 1.65. The molecule has 0 aliphatic carbocycles. The zero-order valence-electron chi connectivity index (χ0n) is 24.5. The number of nitrogens with zero attached hydrogens (tertiary/aromatic N) is 4. The van der Waals surface area contributed by atoms with Crippen molar-refractivity contribution in [2.75, 3.05) is 6.54 Å². The minimum Gasteiger partial charge on any atom is -0.480 e. The Bertz CT molecular complexity index is 1430. The highest BCUT2D eigenvalue weighted by molar-refractivity contribution is 5.95. The molecule has 0 aliphatic rings. The number of azo groups is 1. The van der Waals surface area contributed by atoms with Gasteiger partial charge in [0, 0.05) is 6.54 Å². The Hall–Kier alpha value is -5.07. The first kappa shape index (κ1) is 32.4. The first-order valence-corrected chi connectivity index (χ1v) is 13.9. The number of carbonyl (C=O) groups is 3. The molecule has 7 N–H and O–H groups in total.